The first-order valence-electron chi connectivity index (χ1n) is 8.11. The Bertz CT molecular complexity index is 528. The molecular weight excluding hydrogens is 284 g/mol. The number of likely N-dealkylation sites (N-methyl/N-ethyl adjacent to an activating group) is 1. The summed E-state index contributed by atoms with van der Waals surface area (Å²) in [7, 11) is 0. The molecule has 0 heterocycles. The highest BCUT2D eigenvalue weighted by molar-refractivity contribution is 5.48. The van der Waals surface area contributed by atoms with Crippen LogP contribution in [-0.4, -0.2) is 31.3 Å². The second-order valence-corrected chi connectivity index (χ2v) is 4.94. The summed E-state index contributed by atoms with van der Waals surface area (Å²) in [5, 5.41) is 8.79. The Morgan fingerprint density at radius 1 is 0.870 bits per heavy atom. The van der Waals surface area contributed by atoms with Gasteiger partial charge < -0.3 is 14.9 Å². The Labute approximate surface area is 140 Å². The van der Waals surface area contributed by atoms with Crippen LogP contribution < -0.4 is 9.80 Å². The third kappa shape index (κ3) is 6.57. The number of rotatable bonds is 7. The van der Waals surface area contributed by atoms with Crippen LogP contribution in [0.2, 0.25) is 0 Å². The van der Waals surface area contributed by atoms with E-state index in [1.807, 2.05) is 42.6 Å². The minimum Gasteiger partial charge on any atom is -0.395 e. The van der Waals surface area contributed by atoms with E-state index in [-0.39, 0.29) is 6.61 Å². The van der Waals surface area contributed by atoms with Crippen molar-refractivity contribution in [3.05, 3.63) is 73.4 Å². The molecule has 2 aromatic carbocycles. The van der Waals surface area contributed by atoms with Gasteiger partial charge in [-0.2, -0.15) is 0 Å². The Morgan fingerprint density at radius 2 is 1.39 bits per heavy atom. The summed E-state index contributed by atoms with van der Waals surface area (Å²) in [5.41, 5.74) is 2.37. The minimum absolute atomic E-state index is 0.211. The van der Waals surface area contributed by atoms with Crippen LogP contribution in [0.4, 0.5) is 11.4 Å². The lowest BCUT2D eigenvalue weighted by atomic mass is 10.3. The average Bonchev–Trinajstić information content (AvgIpc) is 2.63. The molecule has 0 aliphatic rings. The fourth-order valence-electron chi connectivity index (χ4n) is 2.27. The molecule has 0 aromatic heterocycles. The normalized spacial score (nSPS) is 9.52. The standard InChI is InChI=1S/C10H15NO.C10H13N/c1-2-11(8-9-12)10-6-4-3-5-7-10;1-3-11(4-2)10-8-6-5-7-9-10/h3-7,12H,2,8-9H2,1H3;3,5-9H,1,4H2,2H3. The zero-order chi connectivity index (χ0) is 16.9. The summed E-state index contributed by atoms with van der Waals surface area (Å²) in [6, 6.07) is 20.3. The van der Waals surface area contributed by atoms with E-state index in [1.165, 1.54) is 11.4 Å². The van der Waals surface area contributed by atoms with E-state index in [4.69, 9.17) is 5.11 Å². The molecule has 0 bridgehead atoms. The van der Waals surface area contributed by atoms with Crippen molar-refractivity contribution in [3.63, 3.8) is 0 Å². The molecule has 3 heteroatoms. The Balaban J connectivity index is 0.000000231. The van der Waals surface area contributed by atoms with Crippen LogP contribution in [0.1, 0.15) is 13.8 Å². The predicted molar refractivity (Wildman–Crippen MR) is 101 cm³/mol. The summed E-state index contributed by atoms with van der Waals surface area (Å²) in [5.74, 6) is 0. The fourth-order valence-corrected chi connectivity index (χ4v) is 2.27. The molecule has 0 aliphatic heterocycles. The van der Waals surface area contributed by atoms with Gasteiger partial charge in [0.1, 0.15) is 0 Å². The van der Waals surface area contributed by atoms with Crippen molar-refractivity contribution in [2.45, 2.75) is 13.8 Å². The monoisotopic (exact) mass is 312 g/mol. The molecule has 0 amide bonds. The van der Waals surface area contributed by atoms with Crippen LogP contribution >= 0.6 is 0 Å². The first kappa shape index (κ1) is 18.8. The third-order valence-corrected chi connectivity index (χ3v) is 3.52. The lowest BCUT2D eigenvalue weighted by Gasteiger charge is -2.21. The molecule has 1 N–H and O–H groups in total. The second kappa shape index (κ2) is 11.3. The van der Waals surface area contributed by atoms with Gasteiger partial charge in [0, 0.05) is 31.0 Å². The molecule has 0 aliphatic carbocycles. The second-order valence-electron chi connectivity index (χ2n) is 4.94. The van der Waals surface area contributed by atoms with E-state index in [0.29, 0.717) is 6.54 Å². The highest BCUT2D eigenvalue weighted by Gasteiger charge is 2.00. The Hall–Kier alpha value is -2.26. The van der Waals surface area contributed by atoms with Crippen LogP contribution in [0, 0.1) is 0 Å². The van der Waals surface area contributed by atoms with Crippen LogP contribution in [0.5, 0.6) is 0 Å². The van der Waals surface area contributed by atoms with Crippen molar-refractivity contribution in [2.75, 3.05) is 36.0 Å². The molecule has 0 radical (unpaired) electrons. The first-order valence-corrected chi connectivity index (χ1v) is 8.11. The number of anilines is 2. The van der Waals surface area contributed by atoms with Gasteiger partial charge in [-0.1, -0.05) is 43.0 Å². The van der Waals surface area contributed by atoms with Gasteiger partial charge in [-0.25, -0.2) is 0 Å². The summed E-state index contributed by atoms with van der Waals surface area (Å²) in [6.45, 7) is 10.7. The molecule has 0 fully saturated rings. The van der Waals surface area contributed by atoms with Gasteiger partial charge in [0.25, 0.3) is 0 Å². The zero-order valence-corrected chi connectivity index (χ0v) is 14.2. The topological polar surface area (TPSA) is 26.7 Å². The molecule has 0 atom stereocenters. The van der Waals surface area contributed by atoms with Crippen molar-refractivity contribution >= 4 is 11.4 Å². The van der Waals surface area contributed by atoms with E-state index in [0.717, 1.165) is 13.1 Å². The lowest BCUT2D eigenvalue weighted by molar-refractivity contribution is 0.302. The number of benzene rings is 2. The van der Waals surface area contributed by atoms with Crippen molar-refractivity contribution in [1.29, 1.82) is 0 Å². The molecule has 124 valence electrons. The van der Waals surface area contributed by atoms with Crippen LogP contribution in [0.25, 0.3) is 0 Å². The zero-order valence-electron chi connectivity index (χ0n) is 14.2. The summed E-state index contributed by atoms with van der Waals surface area (Å²) in [4.78, 5) is 4.24. The Kier molecular flexibility index (Phi) is 9.25. The third-order valence-electron chi connectivity index (χ3n) is 3.52. The molecule has 23 heavy (non-hydrogen) atoms. The van der Waals surface area contributed by atoms with Crippen molar-refractivity contribution in [1.82, 2.24) is 0 Å². The van der Waals surface area contributed by atoms with Crippen LogP contribution in [-0.2, 0) is 0 Å². The van der Waals surface area contributed by atoms with E-state index >= 15 is 0 Å². The molecular formula is C20H28N2O. The molecule has 3 nitrogen and oxygen atoms in total. The summed E-state index contributed by atoms with van der Waals surface area (Å²) in [6.07, 6.45) is 1.84. The van der Waals surface area contributed by atoms with E-state index in [9.17, 15) is 0 Å². The maximum Gasteiger partial charge on any atom is 0.0606 e. The number of nitrogens with zero attached hydrogens (tertiary/aromatic N) is 2. The van der Waals surface area contributed by atoms with Crippen LogP contribution in [0.15, 0.2) is 73.4 Å². The van der Waals surface area contributed by atoms with E-state index in [2.05, 4.69) is 54.5 Å². The molecule has 0 unspecified atom stereocenters. The first-order chi connectivity index (χ1) is 11.3. The van der Waals surface area contributed by atoms with E-state index < -0.39 is 0 Å². The summed E-state index contributed by atoms with van der Waals surface area (Å²) >= 11 is 0. The van der Waals surface area contributed by atoms with Gasteiger partial charge in [0.2, 0.25) is 0 Å². The molecule has 0 saturated heterocycles. The SMILES string of the molecule is C=CN(CC)c1ccccc1.CCN(CCO)c1ccccc1. The maximum absolute atomic E-state index is 8.79. The largest absolute Gasteiger partial charge is 0.395 e. The highest BCUT2D eigenvalue weighted by Crippen LogP contribution is 2.12. The average molecular weight is 312 g/mol. The fraction of sp³-hybridized carbons (Fsp3) is 0.300. The molecule has 0 spiro atoms. The van der Waals surface area contributed by atoms with Gasteiger partial charge in [-0.3, -0.25) is 0 Å². The maximum atomic E-state index is 8.79. The van der Waals surface area contributed by atoms with Gasteiger partial charge in [0.15, 0.2) is 0 Å². The van der Waals surface area contributed by atoms with Gasteiger partial charge in [-0.05, 0) is 44.3 Å². The van der Waals surface area contributed by atoms with Crippen LogP contribution in [0.3, 0.4) is 0 Å². The van der Waals surface area contributed by atoms with Gasteiger partial charge >= 0.3 is 0 Å². The molecule has 2 rings (SSSR count). The summed E-state index contributed by atoms with van der Waals surface area (Å²) < 4.78 is 0. The van der Waals surface area contributed by atoms with E-state index in [1.54, 1.807) is 0 Å². The smallest absolute Gasteiger partial charge is 0.0606 e. The number of hydrogen-bond acceptors (Lipinski definition) is 3. The predicted octanol–water partition coefficient (Wildman–Crippen LogP) is 4.16. The number of para-hydroxylation sites is 2. The highest BCUT2D eigenvalue weighted by atomic mass is 16.3. The van der Waals surface area contributed by atoms with Gasteiger partial charge in [-0.15, -0.1) is 0 Å². The Morgan fingerprint density at radius 3 is 1.78 bits per heavy atom. The number of aliphatic hydroxyl groups is 1. The molecule has 2 aromatic rings. The molecule has 0 saturated carbocycles. The lowest BCUT2D eigenvalue weighted by Crippen LogP contribution is -2.25. The van der Waals surface area contributed by atoms with Crippen molar-refractivity contribution < 1.29 is 5.11 Å². The van der Waals surface area contributed by atoms with Crippen molar-refractivity contribution in [3.8, 4) is 0 Å². The minimum atomic E-state index is 0.211. The number of hydrogen-bond donors (Lipinski definition) is 1. The quantitative estimate of drug-likeness (QED) is 0.831. The van der Waals surface area contributed by atoms with Gasteiger partial charge in [0.05, 0.1) is 6.61 Å². The van der Waals surface area contributed by atoms with Crippen molar-refractivity contribution in [2.24, 2.45) is 0 Å². The number of aliphatic hydroxyl groups excluding tert-OH is 1.